The molecule has 1 aliphatic rings. The third-order valence-electron chi connectivity index (χ3n) is 2.73. The van der Waals surface area contributed by atoms with Crippen LogP contribution in [-0.4, -0.2) is 35.7 Å². The van der Waals surface area contributed by atoms with E-state index in [2.05, 4.69) is 24.8 Å². The zero-order valence-electron chi connectivity index (χ0n) is 8.74. The van der Waals surface area contributed by atoms with Crippen molar-refractivity contribution in [3.63, 3.8) is 0 Å². The zero-order valence-corrected chi connectivity index (χ0v) is 8.74. The highest BCUT2D eigenvalue weighted by Gasteiger charge is 2.19. The Morgan fingerprint density at radius 2 is 2.31 bits per heavy atom. The number of rotatable bonds is 3. The molecule has 1 N–H and O–H groups in total. The molecule has 1 fully saturated rings. The minimum atomic E-state index is 0.179. The Morgan fingerprint density at radius 3 is 2.92 bits per heavy atom. The van der Waals surface area contributed by atoms with E-state index in [4.69, 9.17) is 5.11 Å². The Bertz CT molecular complexity index is 165. The van der Waals surface area contributed by atoms with Crippen LogP contribution in [-0.2, 0) is 0 Å². The van der Waals surface area contributed by atoms with Crippen LogP contribution < -0.4 is 0 Å². The Morgan fingerprint density at radius 1 is 1.54 bits per heavy atom. The van der Waals surface area contributed by atoms with Crippen molar-refractivity contribution in [2.75, 3.05) is 19.7 Å². The predicted molar refractivity (Wildman–Crippen MR) is 55.7 cm³/mol. The molecule has 1 rings (SSSR count). The van der Waals surface area contributed by atoms with Crippen molar-refractivity contribution < 1.29 is 5.11 Å². The highest BCUT2D eigenvalue weighted by Crippen LogP contribution is 2.19. The van der Waals surface area contributed by atoms with E-state index < -0.39 is 0 Å². The van der Waals surface area contributed by atoms with Crippen LogP contribution in [0.15, 0.2) is 12.2 Å². The van der Waals surface area contributed by atoms with Gasteiger partial charge in [-0.25, -0.2) is 0 Å². The first-order valence-electron chi connectivity index (χ1n) is 5.25. The largest absolute Gasteiger partial charge is 0.392 e. The van der Waals surface area contributed by atoms with Crippen LogP contribution in [0.5, 0.6) is 0 Å². The molecule has 1 aliphatic heterocycles. The van der Waals surface area contributed by atoms with Gasteiger partial charge in [-0.05, 0) is 39.2 Å². The Hall–Kier alpha value is -0.340. The van der Waals surface area contributed by atoms with E-state index in [9.17, 15) is 0 Å². The van der Waals surface area contributed by atoms with Crippen molar-refractivity contribution in [1.29, 1.82) is 0 Å². The second kappa shape index (κ2) is 5.40. The average molecular weight is 183 g/mol. The highest BCUT2D eigenvalue weighted by atomic mass is 16.2. The molecule has 0 amide bonds. The zero-order chi connectivity index (χ0) is 9.68. The summed E-state index contributed by atoms with van der Waals surface area (Å²) in [6, 6.07) is 0.658. The van der Waals surface area contributed by atoms with Gasteiger partial charge in [-0.15, -0.1) is 0 Å². The molecule has 0 aromatic carbocycles. The molecule has 0 saturated carbocycles. The third-order valence-corrected chi connectivity index (χ3v) is 2.73. The normalized spacial score (nSPS) is 26.0. The van der Waals surface area contributed by atoms with E-state index in [1.54, 1.807) is 0 Å². The molecule has 0 aromatic rings. The lowest BCUT2D eigenvalue weighted by molar-refractivity contribution is 0.158. The van der Waals surface area contributed by atoms with E-state index in [1.807, 2.05) is 6.08 Å². The molecule has 1 unspecified atom stereocenters. The number of hydrogen-bond donors (Lipinski definition) is 1. The molecule has 76 valence electrons. The SMILES string of the molecule is CC(C)N1CCCC(/C=C\CO)C1. The van der Waals surface area contributed by atoms with Crippen molar-refractivity contribution in [3.8, 4) is 0 Å². The van der Waals surface area contributed by atoms with Gasteiger partial charge in [0.25, 0.3) is 0 Å². The van der Waals surface area contributed by atoms with E-state index in [-0.39, 0.29) is 6.61 Å². The van der Waals surface area contributed by atoms with Crippen LogP contribution in [0.1, 0.15) is 26.7 Å². The van der Waals surface area contributed by atoms with Gasteiger partial charge >= 0.3 is 0 Å². The topological polar surface area (TPSA) is 23.5 Å². The fourth-order valence-corrected chi connectivity index (χ4v) is 1.92. The summed E-state index contributed by atoms with van der Waals surface area (Å²) in [5.74, 6) is 0.656. The maximum Gasteiger partial charge on any atom is 0.0612 e. The maximum atomic E-state index is 8.67. The number of nitrogens with zero attached hydrogens (tertiary/aromatic N) is 1. The molecular formula is C11H21NO. The summed E-state index contributed by atoms with van der Waals surface area (Å²) < 4.78 is 0. The number of likely N-dealkylation sites (tertiary alicyclic amines) is 1. The summed E-state index contributed by atoms with van der Waals surface area (Å²) in [7, 11) is 0. The van der Waals surface area contributed by atoms with Crippen LogP contribution in [0.3, 0.4) is 0 Å². The van der Waals surface area contributed by atoms with Crippen molar-refractivity contribution in [2.45, 2.75) is 32.7 Å². The predicted octanol–water partition coefficient (Wildman–Crippen LogP) is 1.66. The van der Waals surface area contributed by atoms with Gasteiger partial charge in [-0.1, -0.05) is 12.2 Å². The fourth-order valence-electron chi connectivity index (χ4n) is 1.92. The van der Waals surface area contributed by atoms with Crippen LogP contribution in [0.4, 0.5) is 0 Å². The van der Waals surface area contributed by atoms with Gasteiger partial charge in [0, 0.05) is 12.6 Å². The smallest absolute Gasteiger partial charge is 0.0612 e. The first-order valence-corrected chi connectivity index (χ1v) is 5.25. The lowest BCUT2D eigenvalue weighted by atomic mass is 9.96. The third kappa shape index (κ3) is 3.49. The highest BCUT2D eigenvalue weighted by molar-refractivity contribution is 4.92. The lowest BCUT2D eigenvalue weighted by Gasteiger charge is -2.34. The molecule has 0 radical (unpaired) electrons. The van der Waals surface area contributed by atoms with Gasteiger partial charge in [0.15, 0.2) is 0 Å². The van der Waals surface area contributed by atoms with Gasteiger partial charge in [0.2, 0.25) is 0 Å². The first kappa shape index (κ1) is 10.7. The summed E-state index contributed by atoms with van der Waals surface area (Å²) in [4.78, 5) is 2.51. The molecule has 0 spiro atoms. The van der Waals surface area contributed by atoms with Crippen molar-refractivity contribution >= 4 is 0 Å². The molecule has 0 aromatic heterocycles. The van der Waals surface area contributed by atoms with Gasteiger partial charge in [0.05, 0.1) is 6.61 Å². The Kier molecular flexibility index (Phi) is 4.46. The summed E-state index contributed by atoms with van der Waals surface area (Å²) in [5.41, 5.74) is 0. The molecule has 13 heavy (non-hydrogen) atoms. The summed E-state index contributed by atoms with van der Waals surface area (Å²) in [6.07, 6.45) is 6.60. The molecular weight excluding hydrogens is 162 g/mol. The quantitative estimate of drug-likeness (QED) is 0.673. The van der Waals surface area contributed by atoms with Crippen molar-refractivity contribution in [2.24, 2.45) is 5.92 Å². The first-order chi connectivity index (χ1) is 6.24. The molecule has 0 aliphatic carbocycles. The van der Waals surface area contributed by atoms with Gasteiger partial charge in [0.1, 0.15) is 0 Å². The number of aliphatic hydroxyl groups is 1. The monoisotopic (exact) mass is 183 g/mol. The summed E-state index contributed by atoms with van der Waals surface area (Å²) in [6.45, 7) is 7.07. The molecule has 2 nitrogen and oxygen atoms in total. The molecule has 0 bridgehead atoms. The van der Waals surface area contributed by atoms with Crippen molar-refractivity contribution in [3.05, 3.63) is 12.2 Å². The lowest BCUT2D eigenvalue weighted by Crippen LogP contribution is -2.39. The minimum Gasteiger partial charge on any atom is -0.392 e. The Labute approximate surface area is 81.2 Å². The van der Waals surface area contributed by atoms with E-state index in [0.717, 1.165) is 6.54 Å². The second-order valence-corrected chi connectivity index (χ2v) is 4.10. The minimum absolute atomic E-state index is 0.179. The molecule has 1 atom stereocenters. The molecule has 2 heteroatoms. The standard InChI is InChI=1S/C11H21NO/c1-10(2)12-7-3-5-11(9-12)6-4-8-13/h4,6,10-11,13H,3,5,7-9H2,1-2H3/b6-4-. The number of piperidine rings is 1. The van der Waals surface area contributed by atoms with Crippen LogP contribution >= 0.6 is 0 Å². The van der Waals surface area contributed by atoms with Crippen LogP contribution in [0, 0.1) is 5.92 Å². The van der Waals surface area contributed by atoms with Gasteiger partial charge in [-0.2, -0.15) is 0 Å². The van der Waals surface area contributed by atoms with Gasteiger partial charge in [-0.3, -0.25) is 0 Å². The van der Waals surface area contributed by atoms with Crippen molar-refractivity contribution in [1.82, 2.24) is 4.90 Å². The van der Waals surface area contributed by atoms with Crippen LogP contribution in [0.2, 0.25) is 0 Å². The molecule has 1 heterocycles. The second-order valence-electron chi connectivity index (χ2n) is 4.10. The molecule has 1 saturated heterocycles. The van der Waals surface area contributed by atoms with E-state index in [0.29, 0.717) is 12.0 Å². The Balaban J connectivity index is 2.37. The van der Waals surface area contributed by atoms with E-state index >= 15 is 0 Å². The maximum absolute atomic E-state index is 8.67. The van der Waals surface area contributed by atoms with Crippen LogP contribution in [0.25, 0.3) is 0 Å². The van der Waals surface area contributed by atoms with Gasteiger partial charge < -0.3 is 10.0 Å². The summed E-state index contributed by atoms with van der Waals surface area (Å²) >= 11 is 0. The fraction of sp³-hybridized carbons (Fsp3) is 0.818. The number of hydrogen-bond acceptors (Lipinski definition) is 2. The number of aliphatic hydroxyl groups excluding tert-OH is 1. The average Bonchev–Trinajstić information content (AvgIpc) is 2.15. The van der Waals surface area contributed by atoms with E-state index in [1.165, 1.54) is 19.4 Å². The summed E-state index contributed by atoms with van der Waals surface area (Å²) in [5, 5.41) is 8.67.